The third kappa shape index (κ3) is 6.52. The first kappa shape index (κ1) is 20.5. The van der Waals surface area contributed by atoms with Gasteiger partial charge in [0, 0.05) is 6.08 Å². The minimum absolute atomic E-state index is 0.145. The van der Waals surface area contributed by atoms with Crippen LogP contribution >= 0.6 is 0 Å². The van der Waals surface area contributed by atoms with Crippen LogP contribution in [0.3, 0.4) is 0 Å². The van der Waals surface area contributed by atoms with Crippen LogP contribution in [0.15, 0.2) is 36.4 Å². The summed E-state index contributed by atoms with van der Waals surface area (Å²) < 4.78 is 11.7. The normalized spacial score (nSPS) is 13.2. The predicted molar refractivity (Wildman–Crippen MR) is 103 cm³/mol. The van der Waals surface area contributed by atoms with Crippen molar-refractivity contribution in [2.45, 2.75) is 71.7 Å². The Labute approximate surface area is 148 Å². The molecule has 24 heavy (non-hydrogen) atoms. The molecule has 0 aliphatic rings. The Morgan fingerprint density at radius 1 is 1.08 bits per heavy atom. The highest BCUT2D eigenvalue weighted by Crippen LogP contribution is 2.38. The average molecular weight is 349 g/mol. The lowest BCUT2D eigenvalue weighted by Crippen LogP contribution is -2.44. The van der Waals surface area contributed by atoms with Crippen LogP contribution in [0.4, 0.5) is 0 Å². The molecule has 0 bridgehead atoms. The van der Waals surface area contributed by atoms with Gasteiger partial charge in [-0.25, -0.2) is 4.79 Å². The van der Waals surface area contributed by atoms with Crippen LogP contribution in [0.5, 0.6) is 5.75 Å². The molecule has 0 radical (unpaired) electrons. The van der Waals surface area contributed by atoms with E-state index in [-0.39, 0.29) is 11.0 Å². The zero-order valence-corrected chi connectivity index (χ0v) is 17.4. The van der Waals surface area contributed by atoms with E-state index in [1.54, 1.807) is 0 Å². The molecule has 0 aliphatic heterocycles. The smallest absolute Gasteiger partial charge is 0.330 e. The maximum atomic E-state index is 11.8. The Morgan fingerprint density at radius 2 is 1.67 bits per heavy atom. The molecule has 0 aliphatic carbocycles. The highest BCUT2D eigenvalue weighted by Gasteiger charge is 2.39. The van der Waals surface area contributed by atoms with Crippen molar-refractivity contribution in [1.82, 2.24) is 0 Å². The summed E-state index contributed by atoms with van der Waals surface area (Å²) in [6.45, 7) is 16.7. The number of allylic oxidation sites excluding steroid dienone is 1. The summed E-state index contributed by atoms with van der Waals surface area (Å²) in [7, 11) is -1.89. The number of carbonyl (C=O) groups excluding carboxylic acids is 1. The van der Waals surface area contributed by atoms with E-state index in [9.17, 15) is 4.79 Å². The van der Waals surface area contributed by atoms with Gasteiger partial charge in [0.15, 0.2) is 0 Å². The van der Waals surface area contributed by atoms with Gasteiger partial charge >= 0.3 is 5.97 Å². The van der Waals surface area contributed by atoms with Crippen molar-refractivity contribution in [3.05, 3.63) is 42.0 Å². The van der Waals surface area contributed by atoms with Crippen molar-refractivity contribution in [3.63, 3.8) is 0 Å². The fourth-order valence-electron chi connectivity index (χ4n) is 1.82. The van der Waals surface area contributed by atoms with Crippen LogP contribution in [0.1, 0.15) is 47.1 Å². The molecule has 4 heteroatoms. The summed E-state index contributed by atoms with van der Waals surface area (Å²) in [4.78, 5) is 11.8. The number of benzene rings is 1. The number of para-hydroxylation sites is 1. The standard InChI is InChI=1S/C20H32O3Si/c1-19(2,3)22-18(21)15-11-13-16-12-9-10-14-17(16)23-24(7,8)20(4,5)6/h9-12,14-15H,13H2,1-8H3. The average Bonchev–Trinajstić information content (AvgIpc) is 2.37. The Bertz CT molecular complexity index is 590. The maximum absolute atomic E-state index is 11.8. The minimum atomic E-state index is -1.89. The summed E-state index contributed by atoms with van der Waals surface area (Å²) in [5.74, 6) is 0.600. The number of hydrogen-bond acceptors (Lipinski definition) is 3. The highest BCUT2D eigenvalue weighted by atomic mass is 28.4. The monoisotopic (exact) mass is 348 g/mol. The van der Waals surface area contributed by atoms with Gasteiger partial charge in [-0.3, -0.25) is 0 Å². The van der Waals surface area contributed by atoms with E-state index < -0.39 is 13.9 Å². The predicted octanol–water partition coefficient (Wildman–Crippen LogP) is 5.51. The van der Waals surface area contributed by atoms with Crippen molar-refractivity contribution < 1.29 is 14.0 Å². The molecule has 0 atom stereocenters. The van der Waals surface area contributed by atoms with E-state index in [2.05, 4.69) is 33.9 Å². The lowest BCUT2D eigenvalue weighted by Gasteiger charge is -2.37. The number of rotatable bonds is 5. The van der Waals surface area contributed by atoms with E-state index in [1.807, 2.05) is 51.1 Å². The summed E-state index contributed by atoms with van der Waals surface area (Å²) >= 11 is 0. The van der Waals surface area contributed by atoms with Gasteiger partial charge in [-0.05, 0) is 57.0 Å². The van der Waals surface area contributed by atoms with Crippen LogP contribution in [0.2, 0.25) is 18.1 Å². The molecule has 1 aromatic rings. The second-order valence-corrected chi connectivity index (χ2v) is 13.3. The molecule has 1 aromatic carbocycles. The van der Waals surface area contributed by atoms with E-state index in [1.165, 1.54) is 6.08 Å². The minimum Gasteiger partial charge on any atom is -0.543 e. The number of ether oxygens (including phenoxy) is 1. The first-order valence-electron chi connectivity index (χ1n) is 8.48. The molecule has 0 fully saturated rings. The largest absolute Gasteiger partial charge is 0.543 e. The van der Waals surface area contributed by atoms with Crippen LogP contribution in [-0.2, 0) is 16.0 Å². The zero-order chi connectivity index (χ0) is 18.6. The van der Waals surface area contributed by atoms with Gasteiger partial charge in [-0.1, -0.05) is 45.0 Å². The van der Waals surface area contributed by atoms with Gasteiger partial charge < -0.3 is 9.16 Å². The number of carbonyl (C=O) groups is 1. The van der Waals surface area contributed by atoms with Crippen molar-refractivity contribution in [2.24, 2.45) is 0 Å². The fraction of sp³-hybridized carbons (Fsp3) is 0.550. The molecule has 0 spiro atoms. The molecule has 0 heterocycles. The van der Waals surface area contributed by atoms with Crippen molar-refractivity contribution >= 4 is 14.3 Å². The molecule has 0 unspecified atom stereocenters. The molecule has 0 saturated carbocycles. The van der Waals surface area contributed by atoms with Gasteiger partial charge in [0.25, 0.3) is 0 Å². The topological polar surface area (TPSA) is 35.5 Å². The third-order valence-corrected chi connectivity index (χ3v) is 8.48. The SMILES string of the molecule is CC(C)(C)OC(=O)C=CCc1ccccc1O[Si](C)(C)C(C)(C)C. The van der Waals surface area contributed by atoms with E-state index in [4.69, 9.17) is 9.16 Å². The van der Waals surface area contributed by atoms with Gasteiger partial charge in [-0.2, -0.15) is 0 Å². The first-order chi connectivity index (χ1) is 10.8. The Morgan fingerprint density at radius 3 is 2.21 bits per heavy atom. The quantitative estimate of drug-likeness (QED) is 0.400. The van der Waals surface area contributed by atoms with E-state index in [0.717, 1.165) is 11.3 Å². The van der Waals surface area contributed by atoms with E-state index >= 15 is 0 Å². The molecule has 0 saturated heterocycles. The Hall–Kier alpha value is -1.55. The van der Waals surface area contributed by atoms with Crippen molar-refractivity contribution in [3.8, 4) is 5.75 Å². The molecular formula is C20H32O3Si. The van der Waals surface area contributed by atoms with Crippen LogP contribution < -0.4 is 4.43 Å². The van der Waals surface area contributed by atoms with Gasteiger partial charge in [0.2, 0.25) is 8.32 Å². The second-order valence-electron chi connectivity index (χ2n) is 8.61. The lowest BCUT2D eigenvalue weighted by atomic mass is 10.1. The van der Waals surface area contributed by atoms with Gasteiger partial charge in [0.1, 0.15) is 11.4 Å². The molecule has 134 valence electrons. The summed E-state index contributed by atoms with van der Waals surface area (Å²) in [5.41, 5.74) is 0.618. The Kier molecular flexibility index (Phi) is 6.45. The highest BCUT2D eigenvalue weighted by molar-refractivity contribution is 6.74. The molecule has 0 N–H and O–H groups in total. The first-order valence-corrected chi connectivity index (χ1v) is 11.4. The molecule has 3 nitrogen and oxygen atoms in total. The fourth-order valence-corrected chi connectivity index (χ4v) is 2.87. The third-order valence-electron chi connectivity index (χ3n) is 4.14. The van der Waals surface area contributed by atoms with E-state index in [0.29, 0.717) is 6.42 Å². The van der Waals surface area contributed by atoms with Crippen LogP contribution in [-0.4, -0.2) is 19.9 Å². The zero-order valence-electron chi connectivity index (χ0n) is 16.4. The summed E-state index contributed by atoms with van der Waals surface area (Å²) in [5, 5.41) is 0.145. The number of hydrogen-bond donors (Lipinski definition) is 0. The lowest BCUT2D eigenvalue weighted by molar-refractivity contribution is -0.148. The van der Waals surface area contributed by atoms with Gasteiger partial charge in [-0.15, -0.1) is 0 Å². The second kappa shape index (κ2) is 7.56. The van der Waals surface area contributed by atoms with Crippen LogP contribution in [0.25, 0.3) is 0 Å². The molecule has 1 rings (SSSR count). The molecular weight excluding hydrogens is 316 g/mol. The summed E-state index contributed by atoms with van der Waals surface area (Å²) in [6, 6.07) is 8.04. The van der Waals surface area contributed by atoms with Crippen molar-refractivity contribution in [2.75, 3.05) is 0 Å². The van der Waals surface area contributed by atoms with Gasteiger partial charge in [0.05, 0.1) is 0 Å². The molecule has 0 aromatic heterocycles. The van der Waals surface area contributed by atoms with Crippen LogP contribution in [0, 0.1) is 0 Å². The summed E-state index contributed by atoms with van der Waals surface area (Å²) in [6.07, 6.45) is 3.97. The number of esters is 1. The Balaban J connectivity index is 2.83. The molecule has 0 amide bonds. The maximum Gasteiger partial charge on any atom is 0.330 e. The van der Waals surface area contributed by atoms with Crippen molar-refractivity contribution in [1.29, 1.82) is 0 Å².